The molecule has 3 fully saturated rings. The maximum atomic E-state index is 14.9. The Balaban J connectivity index is 1.26. The van der Waals surface area contributed by atoms with Crippen molar-refractivity contribution in [2.75, 3.05) is 0 Å². The van der Waals surface area contributed by atoms with Crippen molar-refractivity contribution in [2.45, 2.75) is 121 Å². The Bertz CT molecular complexity index is 2010. The summed E-state index contributed by atoms with van der Waals surface area (Å²) in [7, 11) is -9.35. The minimum atomic E-state index is -4.72. The van der Waals surface area contributed by atoms with Crippen molar-refractivity contribution in [3.63, 3.8) is 0 Å². The zero-order valence-corrected chi connectivity index (χ0v) is 35.7. The van der Waals surface area contributed by atoms with Gasteiger partial charge in [-0.25, -0.2) is 9.13 Å². The van der Waals surface area contributed by atoms with Gasteiger partial charge in [-0.15, -0.1) is 0 Å². The van der Waals surface area contributed by atoms with Crippen LogP contribution < -0.4 is 0 Å². The van der Waals surface area contributed by atoms with Crippen LogP contribution in [0.1, 0.15) is 74.1 Å². The number of aliphatic hydroxyl groups excluding tert-OH is 1. The molecule has 4 aromatic carbocycles. The van der Waals surface area contributed by atoms with E-state index in [2.05, 4.69) is 0 Å². The second-order valence-corrected chi connectivity index (χ2v) is 18.6. The van der Waals surface area contributed by atoms with Crippen LogP contribution in [-0.4, -0.2) is 59.3 Å². The fraction of sp³-hybridized carbons (Fsp3) is 0.422. The minimum absolute atomic E-state index is 0.111. The number of aliphatic hydroxyl groups is 1. The number of Topliss-reactive ketones (excluding diaryl/α,β-unsaturated/α-hetero) is 1. The number of phosphoric ester groups is 2. The molecule has 1 saturated heterocycles. The Morgan fingerprint density at radius 1 is 0.574 bits per heavy atom. The van der Waals surface area contributed by atoms with Crippen molar-refractivity contribution < 1.29 is 65.2 Å². The average Bonchev–Trinajstić information content (AvgIpc) is 3.65. The molecule has 0 aromatic heterocycles. The van der Waals surface area contributed by atoms with E-state index in [1.54, 1.807) is 97.1 Å². The standard InChI is InChI=1S/C45H52O14P2/c1-33(46)25-26-38(47)55-42-40(58-60(49,51-29-34-17-7-2-8-18-34)52-30-35-19-9-3-10-20-35)39(48)41(43-44(42)57-45(56-43)27-15-6-16-28-45)59-61(50,53-31-36-21-11-4-12-22-36)54-32-37-23-13-5-14-24-37/h2-5,7-14,17-24,39-44,48H,6,15-16,25-32H2,1H3/t39-,40-,41+,42+,43+,44-/m0/s1. The lowest BCUT2D eigenvalue weighted by Gasteiger charge is -2.44. The Morgan fingerprint density at radius 3 is 1.34 bits per heavy atom. The van der Waals surface area contributed by atoms with Crippen LogP contribution in [0.4, 0.5) is 0 Å². The highest BCUT2D eigenvalue weighted by molar-refractivity contribution is 7.48. The average molecular weight is 879 g/mol. The van der Waals surface area contributed by atoms with E-state index >= 15 is 0 Å². The van der Waals surface area contributed by atoms with Gasteiger partial charge in [0.25, 0.3) is 0 Å². The van der Waals surface area contributed by atoms with Crippen LogP contribution in [0, 0.1) is 0 Å². The van der Waals surface area contributed by atoms with Gasteiger partial charge >= 0.3 is 21.6 Å². The summed E-state index contributed by atoms with van der Waals surface area (Å²) >= 11 is 0. The van der Waals surface area contributed by atoms with Gasteiger partial charge < -0.3 is 24.1 Å². The van der Waals surface area contributed by atoms with Crippen molar-refractivity contribution in [3.05, 3.63) is 144 Å². The number of benzene rings is 4. The van der Waals surface area contributed by atoms with Crippen molar-refractivity contribution >= 4 is 27.4 Å². The second kappa shape index (κ2) is 21.0. The minimum Gasteiger partial charge on any atom is -0.457 e. The zero-order valence-electron chi connectivity index (χ0n) is 33.9. The molecule has 7 rings (SSSR count). The summed E-state index contributed by atoms with van der Waals surface area (Å²) in [6.45, 7) is 0.548. The molecule has 326 valence electrons. The molecule has 61 heavy (non-hydrogen) atoms. The van der Waals surface area contributed by atoms with Crippen LogP contribution in [-0.2, 0) is 86.5 Å². The fourth-order valence-corrected chi connectivity index (χ4v) is 10.2. The number of esters is 1. The van der Waals surface area contributed by atoms with Crippen molar-refractivity contribution in [1.29, 1.82) is 0 Å². The Kier molecular flexibility index (Phi) is 15.5. The Hall–Kier alpha value is -3.88. The van der Waals surface area contributed by atoms with Gasteiger partial charge in [0.2, 0.25) is 0 Å². The van der Waals surface area contributed by atoms with Gasteiger partial charge in [0, 0.05) is 19.3 Å². The highest BCUT2D eigenvalue weighted by Crippen LogP contribution is 2.59. The summed E-state index contributed by atoms with van der Waals surface area (Å²) < 4.78 is 85.7. The number of carbonyl (C=O) groups excluding carboxylic acids is 2. The van der Waals surface area contributed by atoms with E-state index < -0.39 is 64.0 Å². The number of carbonyl (C=O) groups is 2. The first-order valence-corrected chi connectivity index (χ1v) is 23.5. The van der Waals surface area contributed by atoms with Gasteiger partial charge in [-0.3, -0.25) is 31.9 Å². The van der Waals surface area contributed by atoms with Crippen molar-refractivity contribution in [1.82, 2.24) is 0 Å². The molecule has 6 atom stereocenters. The van der Waals surface area contributed by atoms with Crippen LogP contribution in [0.25, 0.3) is 0 Å². The van der Waals surface area contributed by atoms with Crippen LogP contribution in [0.3, 0.4) is 0 Å². The SMILES string of the molecule is CC(=O)CCC(=O)O[C@H]1[C@@H]2OC3(CCCCC3)O[C@@H]2[C@H](OP(=O)(OCc2ccccc2)OCc2ccccc2)[C@@H](O)[C@@H]1OP(=O)(OCc1ccccc1)OCc1ccccc1. The normalized spacial score (nSPS) is 23.6. The topological polar surface area (TPSA) is 172 Å². The van der Waals surface area contributed by atoms with Gasteiger partial charge in [-0.2, -0.15) is 0 Å². The van der Waals surface area contributed by atoms with Gasteiger partial charge in [-0.1, -0.05) is 128 Å². The van der Waals surface area contributed by atoms with E-state index in [1.807, 2.05) is 24.3 Å². The zero-order chi connectivity index (χ0) is 42.7. The summed E-state index contributed by atoms with van der Waals surface area (Å²) in [6, 6.07) is 35.8. The van der Waals surface area contributed by atoms with Crippen LogP contribution in [0.2, 0.25) is 0 Å². The fourth-order valence-electron chi connectivity index (χ4n) is 7.53. The first kappa shape index (κ1) is 45.2. The van der Waals surface area contributed by atoms with E-state index in [9.17, 15) is 23.8 Å². The summed E-state index contributed by atoms with van der Waals surface area (Å²) in [5.41, 5.74) is 2.63. The predicted molar refractivity (Wildman–Crippen MR) is 221 cm³/mol. The van der Waals surface area contributed by atoms with Crippen molar-refractivity contribution in [3.8, 4) is 0 Å². The molecule has 3 aliphatic rings. The van der Waals surface area contributed by atoms with Gasteiger partial charge in [0.15, 0.2) is 11.9 Å². The number of rotatable bonds is 20. The Labute approximate surface area is 355 Å². The molecule has 1 aliphatic heterocycles. The highest BCUT2D eigenvalue weighted by atomic mass is 31.2. The molecule has 2 aliphatic carbocycles. The molecule has 0 unspecified atom stereocenters. The van der Waals surface area contributed by atoms with Gasteiger partial charge in [-0.05, 0) is 42.0 Å². The number of fused-ring (bicyclic) bond motifs is 1. The molecule has 0 amide bonds. The summed E-state index contributed by atoms with van der Waals surface area (Å²) in [5.74, 6) is -2.23. The molecule has 14 nitrogen and oxygen atoms in total. The first-order chi connectivity index (χ1) is 29.5. The van der Waals surface area contributed by atoms with E-state index in [0.29, 0.717) is 35.1 Å². The molecule has 16 heteroatoms. The molecular weight excluding hydrogens is 826 g/mol. The van der Waals surface area contributed by atoms with E-state index in [0.717, 1.165) is 19.3 Å². The molecular formula is C45H52O14P2. The molecule has 1 N–H and O–H groups in total. The van der Waals surface area contributed by atoms with E-state index in [1.165, 1.54) is 6.92 Å². The molecule has 1 spiro atoms. The lowest BCUT2D eigenvalue weighted by molar-refractivity contribution is -0.210. The summed E-state index contributed by atoms with van der Waals surface area (Å²) in [5, 5.41) is 12.5. The molecule has 4 aromatic rings. The van der Waals surface area contributed by atoms with Crippen LogP contribution in [0.5, 0.6) is 0 Å². The molecule has 0 radical (unpaired) electrons. The highest BCUT2D eigenvalue weighted by Gasteiger charge is 2.65. The van der Waals surface area contributed by atoms with Crippen LogP contribution in [0.15, 0.2) is 121 Å². The van der Waals surface area contributed by atoms with E-state index in [4.69, 9.17) is 41.4 Å². The second-order valence-electron chi connectivity index (χ2n) is 15.4. The maximum Gasteiger partial charge on any atom is 0.475 e. The lowest BCUT2D eigenvalue weighted by atomic mass is 9.85. The van der Waals surface area contributed by atoms with Gasteiger partial charge in [0.05, 0.1) is 32.8 Å². The molecule has 1 heterocycles. The third-order valence-corrected chi connectivity index (χ3v) is 13.4. The summed E-state index contributed by atoms with van der Waals surface area (Å²) in [6.07, 6.45) is -6.28. The third kappa shape index (κ3) is 12.4. The van der Waals surface area contributed by atoms with Crippen molar-refractivity contribution in [2.24, 2.45) is 0 Å². The molecule has 2 saturated carbocycles. The quantitative estimate of drug-likeness (QED) is 0.0659. The predicted octanol–water partition coefficient (Wildman–Crippen LogP) is 8.94. The smallest absolute Gasteiger partial charge is 0.457 e. The first-order valence-electron chi connectivity index (χ1n) is 20.5. The molecule has 0 bridgehead atoms. The number of ether oxygens (including phenoxy) is 3. The number of phosphoric acid groups is 2. The monoisotopic (exact) mass is 878 g/mol. The third-order valence-electron chi connectivity index (χ3n) is 10.7. The van der Waals surface area contributed by atoms with Gasteiger partial charge in [0.1, 0.15) is 36.3 Å². The number of ketones is 1. The summed E-state index contributed by atoms with van der Waals surface area (Å²) in [4.78, 5) is 25.4. The van der Waals surface area contributed by atoms with E-state index in [-0.39, 0.29) is 45.1 Å². The Morgan fingerprint density at radius 2 is 0.951 bits per heavy atom. The lowest BCUT2D eigenvalue weighted by Crippen LogP contribution is -2.64. The number of hydrogen-bond donors (Lipinski definition) is 1. The van der Waals surface area contributed by atoms with Crippen LogP contribution >= 0.6 is 15.6 Å². The number of hydrogen-bond acceptors (Lipinski definition) is 14. The largest absolute Gasteiger partial charge is 0.475 e. The maximum absolute atomic E-state index is 14.9.